The van der Waals surface area contributed by atoms with Crippen LogP contribution in [0.3, 0.4) is 0 Å². The molecule has 0 saturated heterocycles. The van der Waals surface area contributed by atoms with E-state index < -0.39 is 0 Å². The molecular formula is C30H26N8O2S. The number of ketones is 1. The monoisotopic (exact) mass is 562 g/mol. The number of thiophene rings is 1. The Morgan fingerprint density at radius 3 is 2.68 bits per heavy atom. The highest BCUT2D eigenvalue weighted by atomic mass is 32.1. The van der Waals surface area contributed by atoms with E-state index in [9.17, 15) is 9.59 Å². The maximum Gasteiger partial charge on any atom is 0.227 e. The zero-order valence-electron chi connectivity index (χ0n) is 22.3. The minimum Gasteiger partial charge on any atom is -0.336 e. The molecule has 10 nitrogen and oxygen atoms in total. The van der Waals surface area contributed by atoms with Gasteiger partial charge >= 0.3 is 0 Å². The summed E-state index contributed by atoms with van der Waals surface area (Å²) in [4.78, 5) is 47.9. The molecule has 1 amide bonds. The SMILES string of the molecule is CC(=O)c1ccc(-c2nccc3[nH]c(-c4n[nH]c5cnc(-c6cncc(NC(=O)C7CCCCC7)c6)cc45)nc23)s1. The standard InChI is InChI=1S/C30H26N8O2S/c1-16(39)24-7-8-25(41-24)28-27-21(9-10-32-28)35-29(36-27)26-20-12-22(33-15-23(20)37-38-26)18-11-19(14-31-13-18)34-30(40)17-5-3-2-4-6-17/h7-15,17H,2-6H2,1H3,(H,34,40)(H,35,36)(H,37,38). The van der Waals surface area contributed by atoms with Gasteiger partial charge in [-0.05, 0) is 50.1 Å². The number of rotatable bonds is 6. The molecule has 6 aromatic rings. The number of imidazole rings is 1. The maximum absolute atomic E-state index is 12.8. The third kappa shape index (κ3) is 4.78. The summed E-state index contributed by atoms with van der Waals surface area (Å²) in [6.45, 7) is 1.56. The first-order valence-corrected chi connectivity index (χ1v) is 14.4. The molecule has 1 aliphatic carbocycles. The first-order valence-electron chi connectivity index (χ1n) is 13.6. The smallest absolute Gasteiger partial charge is 0.227 e. The van der Waals surface area contributed by atoms with Gasteiger partial charge in [0.2, 0.25) is 5.91 Å². The highest BCUT2D eigenvalue weighted by Gasteiger charge is 2.22. The van der Waals surface area contributed by atoms with Gasteiger partial charge in [-0.25, -0.2) is 4.98 Å². The van der Waals surface area contributed by atoms with Crippen molar-refractivity contribution in [2.24, 2.45) is 5.92 Å². The van der Waals surface area contributed by atoms with Crippen molar-refractivity contribution >= 4 is 50.7 Å². The molecule has 1 fully saturated rings. The van der Waals surface area contributed by atoms with E-state index in [4.69, 9.17) is 4.98 Å². The van der Waals surface area contributed by atoms with Crippen molar-refractivity contribution in [3.8, 4) is 33.3 Å². The second kappa shape index (κ2) is 10.3. The van der Waals surface area contributed by atoms with E-state index in [-0.39, 0.29) is 17.6 Å². The summed E-state index contributed by atoms with van der Waals surface area (Å²) < 4.78 is 0. The Hall–Kier alpha value is -4.77. The third-order valence-electron chi connectivity index (χ3n) is 7.54. The normalized spacial score (nSPS) is 14.1. The number of anilines is 1. The molecule has 0 spiro atoms. The van der Waals surface area contributed by atoms with Crippen molar-refractivity contribution in [3.05, 3.63) is 60.0 Å². The number of fused-ring (bicyclic) bond motifs is 2. The number of pyridine rings is 3. The third-order valence-corrected chi connectivity index (χ3v) is 8.73. The highest BCUT2D eigenvalue weighted by molar-refractivity contribution is 7.17. The lowest BCUT2D eigenvalue weighted by Gasteiger charge is -2.20. The van der Waals surface area contributed by atoms with Gasteiger partial charge in [-0.3, -0.25) is 29.6 Å². The largest absolute Gasteiger partial charge is 0.336 e. The van der Waals surface area contributed by atoms with E-state index in [0.29, 0.717) is 39.0 Å². The second-order valence-electron chi connectivity index (χ2n) is 10.3. The van der Waals surface area contributed by atoms with E-state index in [2.05, 4.69) is 35.5 Å². The summed E-state index contributed by atoms with van der Waals surface area (Å²) in [5, 5.41) is 11.5. The molecule has 11 heteroatoms. The first kappa shape index (κ1) is 25.2. The number of carbonyl (C=O) groups is 2. The number of hydrogen-bond donors (Lipinski definition) is 3. The van der Waals surface area contributed by atoms with Gasteiger partial charge in [0.25, 0.3) is 0 Å². The molecule has 1 aliphatic rings. The fraction of sp³-hybridized carbons (Fsp3) is 0.233. The average Bonchev–Trinajstić information content (AvgIpc) is 3.75. The van der Waals surface area contributed by atoms with Crippen LogP contribution < -0.4 is 5.32 Å². The molecular weight excluding hydrogens is 536 g/mol. The summed E-state index contributed by atoms with van der Waals surface area (Å²) in [6, 6.07) is 9.44. The fourth-order valence-electron chi connectivity index (χ4n) is 5.39. The minimum absolute atomic E-state index is 0.0240. The molecule has 0 aromatic carbocycles. The molecule has 1 saturated carbocycles. The van der Waals surface area contributed by atoms with Crippen LogP contribution in [0.2, 0.25) is 0 Å². The molecule has 41 heavy (non-hydrogen) atoms. The van der Waals surface area contributed by atoms with Crippen LogP contribution in [-0.4, -0.2) is 46.8 Å². The molecule has 6 aromatic heterocycles. The molecule has 0 atom stereocenters. The number of hydrogen-bond acceptors (Lipinski definition) is 8. The van der Waals surface area contributed by atoms with Crippen LogP contribution in [0.5, 0.6) is 0 Å². The Balaban J connectivity index is 1.22. The Morgan fingerprint density at radius 2 is 1.85 bits per heavy atom. The first-order chi connectivity index (χ1) is 20.0. The predicted octanol–water partition coefficient (Wildman–Crippen LogP) is 6.41. The Kier molecular flexibility index (Phi) is 6.35. The summed E-state index contributed by atoms with van der Waals surface area (Å²) in [6.07, 6.45) is 12.1. The van der Waals surface area contributed by atoms with E-state index >= 15 is 0 Å². The average molecular weight is 563 g/mol. The van der Waals surface area contributed by atoms with Crippen molar-refractivity contribution in [3.63, 3.8) is 0 Å². The van der Waals surface area contributed by atoms with Gasteiger partial charge in [0.15, 0.2) is 11.6 Å². The van der Waals surface area contributed by atoms with Crippen molar-refractivity contribution in [1.82, 2.24) is 35.1 Å². The number of aromatic amines is 2. The van der Waals surface area contributed by atoms with Crippen molar-refractivity contribution in [1.29, 1.82) is 0 Å². The van der Waals surface area contributed by atoms with E-state index in [1.165, 1.54) is 17.8 Å². The van der Waals surface area contributed by atoms with Crippen LogP contribution in [-0.2, 0) is 4.79 Å². The van der Waals surface area contributed by atoms with Crippen LogP contribution in [0.25, 0.3) is 55.3 Å². The lowest BCUT2D eigenvalue weighted by molar-refractivity contribution is -0.120. The van der Waals surface area contributed by atoms with Crippen LogP contribution in [0, 0.1) is 5.92 Å². The number of carbonyl (C=O) groups excluding carboxylic acids is 2. The second-order valence-corrected chi connectivity index (χ2v) is 11.4. The zero-order chi connectivity index (χ0) is 27.9. The van der Waals surface area contributed by atoms with Crippen LogP contribution in [0.15, 0.2) is 55.1 Å². The van der Waals surface area contributed by atoms with Crippen molar-refractivity contribution in [2.75, 3.05) is 5.32 Å². The summed E-state index contributed by atoms with van der Waals surface area (Å²) in [7, 11) is 0. The van der Waals surface area contributed by atoms with E-state index in [0.717, 1.165) is 52.5 Å². The number of aromatic nitrogens is 7. The maximum atomic E-state index is 12.8. The summed E-state index contributed by atoms with van der Waals surface area (Å²) in [5.41, 5.74) is 5.80. The molecule has 0 radical (unpaired) electrons. The van der Waals surface area contributed by atoms with Crippen molar-refractivity contribution in [2.45, 2.75) is 39.0 Å². The van der Waals surface area contributed by atoms with Crippen LogP contribution in [0.4, 0.5) is 5.69 Å². The number of Topliss-reactive ketones (excluding diaryl/α,β-unsaturated/α-hetero) is 1. The van der Waals surface area contributed by atoms with Gasteiger partial charge < -0.3 is 10.3 Å². The minimum atomic E-state index is 0.0240. The van der Waals surface area contributed by atoms with E-state index in [1.54, 1.807) is 31.7 Å². The Bertz CT molecular complexity index is 1930. The molecule has 0 bridgehead atoms. The summed E-state index contributed by atoms with van der Waals surface area (Å²) >= 11 is 1.40. The van der Waals surface area contributed by atoms with Crippen LogP contribution in [0.1, 0.15) is 48.7 Å². The lowest BCUT2D eigenvalue weighted by Crippen LogP contribution is -2.24. The quantitative estimate of drug-likeness (QED) is 0.199. The Morgan fingerprint density at radius 1 is 0.976 bits per heavy atom. The van der Waals surface area contributed by atoms with Gasteiger partial charge in [0.05, 0.1) is 44.6 Å². The number of amides is 1. The zero-order valence-corrected chi connectivity index (χ0v) is 23.1. The number of nitrogens with one attached hydrogen (secondary N) is 3. The van der Waals surface area contributed by atoms with Gasteiger partial charge in [-0.1, -0.05) is 19.3 Å². The van der Waals surface area contributed by atoms with Gasteiger partial charge in [0.1, 0.15) is 16.9 Å². The number of H-pyrrole nitrogens is 2. The molecule has 0 unspecified atom stereocenters. The van der Waals surface area contributed by atoms with Crippen molar-refractivity contribution < 1.29 is 9.59 Å². The van der Waals surface area contributed by atoms with Gasteiger partial charge in [-0.15, -0.1) is 11.3 Å². The topological polar surface area (TPSA) is 142 Å². The van der Waals surface area contributed by atoms with Gasteiger partial charge in [-0.2, -0.15) is 5.10 Å². The number of nitrogens with zero attached hydrogens (tertiary/aromatic N) is 5. The molecule has 6 heterocycles. The lowest BCUT2D eigenvalue weighted by atomic mass is 9.88. The van der Waals surface area contributed by atoms with Crippen LogP contribution >= 0.6 is 11.3 Å². The van der Waals surface area contributed by atoms with Gasteiger partial charge in [0, 0.05) is 29.3 Å². The fourth-order valence-corrected chi connectivity index (χ4v) is 6.29. The Labute approximate surface area is 238 Å². The molecule has 7 rings (SSSR count). The molecule has 204 valence electrons. The molecule has 0 aliphatic heterocycles. The summed E-state index contributed by atoms with van der Waals surface area (Å²) in [5.74, 6) is 0.734. The predicted molar refractivity (Wildman–Crippen MR) is 159 cm³/mol. The molecule has 3 N–H and O–H groups in total. The highest BCUT2D eigenvalue weighted by Crippen LogP contribution is 2.34. The van der Waals surface area contributed by atoms with E-state index in [1.807, 2.05) is 30.3 Å².